The third-order valence-corrected chi connectivity index (χ3v) is 8.72. The number of carbonyl (C=O) groups is 2. The van der Waals surface area contributed by atoms with E-state index in [-0.39, 0.29) is 23.9 Å². The summed E-state index contributed by atoms with van der Waals surface area (Å²) in [6, 6.07) is 13.1. The number of fused-ring (bicyclic) bond motifs is 4. The molecule has 0 radical (unpaired) electrons. The van der Waals surface area contributed by atoms with Gasteiger partial charge in [0, 0.05) is 45.3 Å². The molecular weight excluding hydrogens is 514 g/mol. The Balaban J connectivity index is 1.92. The van der Waals surface area contributed by atoms with Crippen molar-refractivity contribution in [3.63, 3.8) is 0 Å². The first-order chi connectivity index (χ1) is 18.4. The lowest BCUT2D eigenvalue weighted by Gasteiger charge is -2.25. The fourth-order valence-corrected chi connectivity index (χ4v) is 5.49. The van der Waals surface area contributed by atoms with E-state index >= 15 is 0 Å². The maximum atomic E-state index is 13.6. The summed E-state index contributed by atoms with van der Waals surface area (Å²) in [5.41, 5.74) is 4.13. The van der Waals surface area contributed by atoms with Gasteiger partial charge in [-0.2, -0.15) is 12.7 Å². The monoisotopic (exact) mass is 557 g/mol. The van der Waals surface area contributed by atoms with Crippen LogP contribution in [0.4, 0.5) is 5.69 Å². The number of hydrogen-bond donors (Lipinski definition) is 3. The number of anilines is 1. The van der Waals surface area contributed by atoms with Gasteiger partial charge in [0.15, 0.2) is 0 Å². The second-order valence-electron chi connectivity index (χ2n) is 10.8. The van der Waals surface area contributed by atoms with Crippen molar-refractivity contribution in [2.45, 2.75) is 71.0 Å². The molecule has 1 unspecified atom stereocenters. The summed E-state index contributed by atoms with van der Waals surface area (Å²) in [6.45, 7) is 6.03. The van der Waals surface area contributed by atoms with Crippen molar-refractivity contribution in [1.82, 2.24) is 20.3 Å². The number of rotatable bonds is 8. The maximum absolute atomic E-state index is 13.6. The Labute approximate surface area is 233 Å². The van der Waals surface area contributed by atoms with Crippen LogP contribution in [0.15, 0.2) is 42.5 Å². The maximum Gasteiger partial charge on any atom is 0.303 e. The van der Waals surface area contributed by atoms with E-state index in [1.807, 2.05) is 26.0 Å². The third kappa shape index (κ3) is 8.52. The largest absolute Gasteiger partial charge is 0.353 e. The van der Waals surface area contributed by atoms with E-state index in [0.717, 1.165) is 41.1 Å². The number of aryl methyl sites for hydroxylation is 2. The molecule has 4 bridgehead atoms. The van der Waals surface area contributed by atoms with Gasteiger partial charge < -0.3 is 16.0 Å². The minimum atomic E-state index is -3.72. The van der Waals surface area contributed by atoms with Gasteiger partial charge in [-0.1, -0.05) is 24.3 Å². The molecule has 10 heteroatoms. The molecular formula is C29H43N5O4S. The Morgan fingerprint density at radius 1 is 1.00 bits per heavy atom. The van der Waals surface area contributed by atoms with Crippen molar-refractivity contribution in [2.75, 3.05) is 32.0 Å². The van der Waals surface area contributed by atoms with Gasteiger partial charge in [-0.05, 0) is 87.8 Å². The molecule has 1 aliphatic heterocycles. The molecule has 0 aromatic heterocycles. The van der Waals surface area contributed by atoms with Crippen LogP contribution in [0.5, 0.6) is 0 Å². The lowest BCUT2D eigenvalue weighted by atomic mass is 9.97. The molecule has 0 spiro atoms. The molecule has 9 nitrogen and oxygen atoms in total. The van der Waals surface area contributed by atoms with Gasteiger partial charge in [0.1, 0.15) is 0 Å². The summed E-state index contributed by atoms with van der Waals surface area (Å²) in [7, 11) is 0.745. The van der Waals surface area contributed by atoms with Gasteiger partial charge in [-0.15, -0.1) is 0 Å². The highest BCUT2D eigenvalue weighted by molar-refractivity contribution is 7.90. The molecule has 2 atom stereocenters. The Hall–Kier alpha value is -2.95. The van der Waals surface area contributed by atoms with Crippen LogP contribution in [0.3, 0.4) is 0 Å². The number of carbonyl (C=O) groups excluding carboxylic acids is 2. The smallest absolute Gasteiger partial charge is 0.303 e. The predicted octanol–water partition coefficient (Wildman–Crippen LogP) is 2.65. The molecule has 2 amide bonds. The lowest BCUT2D eigenvalue weighted by Crippen LogP contribution is -2.50. The quantitative estimate of drug-likeness (QED) is 0.462. The fourth-order valence-electron chi connectivity index (χ4n) is 4.63. The number of amides is 2. The van der Waals surface area contributed by atoms with Gasteiger partial charge in [-0.25, -0.2) is 0 Å². The van der Waals surface area contributed by atoms with Crippen LogP contribution in [0.25, 0.3) is 0 Å². The molecule has 0 fully saturated rings. The van der Waals surface area contributed by atoms with Crippen molar-refractivity contribution < 1.29 is 18.0 Å². The van der Waals surface area contributed by atoms with Crippen molar-refractivity contribution >= 4 is 27.7 Å². The second-order valence-corrected chi connectivity index (χ2v) is 13.0. The number of benzene rings is 2. The third-order valence-electron chi connectivity index (χ3n) is 6.90. The molecule has 2 aromatic rings. The molecule has 39 heavy (non-hydrogen) atoms. The molecule has 3 N–H and O–H groups in total. The van der Waals surface area contributed by atoms with Crippen LogP contribution in [0.2, 0.25) is 0 Å². The van der Waals surface area contributed by atoms with E-state index in [9.17, 15) is 18.0 Å². The van der Waals surface area contributed by atoms with Gasteiger partial charge in [-0.3, -0.25) is 13.9 Å². The van der Waals surface area contributed by atoms with Gasteiger partial charge in [0.05, 0.1) is 11.7 Å². The zero-order valence-corrected chi connectivity index (χ0v) is 24.8. The zero-order valence-electron chi connectivity index (χ0n) is 24.0. The molecule has 1 aliphatic rings. The van der Waals surface area contributed by atoms with E-state index in [2.05, 4.69) is 40.2 Å². The van der Waals surface area contributed by atoms with Crippen LogP contribution in [-0.2, 0) is 34.3 Å². The van der Waals surface area contributed by atoms with Crippen LogP contribution >= 0.6 is 0 Å². The van der Waals surface area contributed by atoms with E-state index in [1.54, 1.807) is 13.0 Å². The minimum Gasteiger partial charge on any atom is -0.353 e. The zero-order chi connectivity index (χ0) is 28.7. The van der Waals surface area contributed by atoms with Crippen molar-refractivity contribution in [3.8, 4) is 0 Å². The predicted molar refractivity (Wildman–Crippen MR) is 156 cm³/mol. The van der Waals surface area contributed by atoms with Crippen molar-refractivity contribution in [2.24, 2.45) is 0 Å². The van der Waals surface area contributed by atoms with Crippen LogP contribution < -0.4 is 20.3 Å². The second kappa shape index (κ2) is 13.4. The average molecular weight is 558 g/mol. The highest BCUT2D eigenvalue weighted by Crippen LogP contribution is 2.24. The summed E-state index contributed by atoms with van der Waals surface area (Å²) >= 11 is 0. The molecule has 214 valence electrons. The normalized spacial score (nSPS) is 17.3. The van der Waals surface area contributed by atoms with Gasteiger partial charge in [0.2, 0.25) is 5.91 Å². The number of nitrogens with zero attached hydrogens (tertiary/aromatic N) is 2. The van der Waals surface area contributed by atoms with E-state index in [1.165, 1.54) is 31.0 Å². The van der Waals surface area contributed by atoms with Crippen molar-refractivity contribution in [1.29, 1.82) is 0 Å². The molecule has 3 rings (SSSR count). The lowest BCUT2D eigenvalue weighted by molar-refractivity contribution is -0.123. The fraction of sp³-hybridized carbons (Fsp3) is 0.517. The van der Waals surface area contributed by atoms with E-state index < -0.39 is 16.3 Å². The summed E-state index contributed by atoms with van der Waals surface area (Å²) < 4.78 is 28.0. The first kappa shape index (κ1) is 30.6. The Kier molecular flexibility index (Phi) is 10.5. The average Bonchev–Trinajstić information content (AvgIpc) is 2.88. The highest BCUT2D eigenvalue weighted by Gasteiger charge is 2.24. The summed E-state index contributed by atoms with van der Waals surface area (Å²) in [6.07, 6.45) is 4.16. The first-order valence-electron chi connectivity index (χ1n) is 13.6. The Bertz CT molecular complexity index is 1260. The molecule has 0 saturated heterocycles. The molecule has 0 saturated carbocycles. The van der Waals surface area contributed by atoms with Crippen LogP contribution in [-0.4, -0.2) is 70.4 Å². The SMILES string of the molecule is CC(C)NC(=O)[C@H](C)NCC1Cc2cccc(c2)CCCCc2cc(cc(N(C)S(=O)(=O)N(C)C)c2)C(=O)N1. The van der Waals surface area contributed by atoms with E-state index in [4.69, 9.17) is 0 Å². The van der Waals surface area contributed by atoms with Crippen LogP contribution in [0, 0.1) is 0 Å². The van der Waals surface area contributed by atoms with Crippen molar-refractivity contribution in [3.05, 3.63) is 64.7 Å². The minimum absolute atomic E-state index is 0.0365. The topological polar surface area (TPSA) is 111 Å². The molecule has 1 heterocycles. The Morgan fingerprint density at radius 3 is 2.33 bits per heavy atom. The van der Waals surface area contributed by atoms with E-state index in [0.29, 0.717) is 24.2 Å². The summed E-state index contributed by atoms with van der Waals surface area (Å²) in [4.78, 5) is 26.0. The Morgan fingerprint density at radius 2 is 1.67 bits per heavy atom. The summed E-state index contributed by atoms with van der Waals surface area (Å²) in [5.74, 6) is -0.380. The van der Waals surface area contributed by atoms with Gasteiger partial charge >= 0.3 is 10.2 Å². The molecule has 2 aromatic carbocycles. The van der Waals surface area contributed by atoms with Gasteiger partial charge in [0.25, 0.3) is 5.91 Å². The summed E-state index contributed by atoms with van der Waals surface area (Å²) in [5, 5.41) is 9.32. The highest BCUT2D eigenvalue weighted by atomic mass is 32.2. The number of hydrogen-bond acceptors (Lipinski definition) is 5. The first-order valence-corrected chi connectivity index (χ1v) is 15.0. The standard InChI is InChI=1S/C29H43N5O4S/c1-20(2)31-28(35)21(3)30-19-26-16-23-13-9-12-22(14-23)10-7-8-11-24-15-25(29(36)32-26)18-27(17-24)34(6)39(37,38)33(4)5/h9,12-15,17-18,20-21,26,30H,7-8,10-11,16,19H2,1-6H3,(H,31,35)(H,32,36)/t21-,26?/m0/s1. The molecule has 0 aliphatic carbocycles. The van der Waals surface area contributed by atoms with Crippen LogP contribution in [0.1, 0.15) is 60.7 Å². The number of nitrogens with one attached hydrogen (secondary N) is 3.